The number of nitrogens with zero attached hydrogens (tertiary/aromatic N) is 3. The molecule has 6 rings (SSSR count). The van der Waals surface area contributed by atoms with Gasteiger partial charge in [0.2, 0.25) is 16.0 Å². The van der Waals surface area contributed by atoms with Crippen LogP contribution in [0.4, 0.5) is 16.0 Å². The smallest absolute Gasteiger partial charge is 0.235 e. The van der Waals surface area contributed by atoms with Crippen LogP contribution in [-0.4, -0.2) is 40.7 Å². The quantitative estimate of drug-likeness (QED) is 0.248. The van der Waals surface area contributed by atoms with Gasteiger partial charge in [0.05, 0.1) is 22.2 Å². The zero-order valence-electron chi connectivity index (χ0n) is 23.0. The van der Waals surface area contributed by atoms with Crippen molar-refractivity contribution >= 4 is 21.7 Å². The molecule has 2 aliphatic rings. The van der Waals surface area contributed by atoms with Gasteiger partial charge >= 0.3 is 0 Å². The second kappa shape index (κ2) is 12.0. The minimum Gasteiger partial charge on any atom is -0.453 e. The van der Waals surface area contributed by atoms with Crippen molar-refractivity contribution in [2.24, 2.45) is 5.73 Å². The Labute approximate surface area is 244 Å². The normalized spacial score (nSPS) is 20.4. The molecule has 0 bridgehead atoms. The van der Waals surface area contributed by atoms with Crippen molar-refractivity contribution in [3.63, 3.8) is 0 Å². The zero-order chi connectivity index (χ0) is 29.1. The maximum Gasteiger partial charge on any atom is 0.235 e. The molecule has 42 heavy (non-hydrogen) atoms. The van der Waals surface area contributed by atoms with E-state index >= 15 is 4.39 Å². The molecule has 4 aromatic rings. The maximum absolute atomic E-state index is 15.2. The third-order valence-electron chi connectivity index (χ3n) is 7.97. The van der Waals surface area contributed by atoms with Crippen LogP contribution in [-0.2, 0) is 22.9 Å². The van der Waals surface area contributed by atoms with Crippen LogP contribution in [0.1, 0.15) is 43.2 Å². The first-order chi connectivity index (χ1) is 20.3. The highest BCUT2D eigenvalue weighted by Gasteiger charge is 2.30. The van der Waals surface area contributed by atoms with Gasteiger partial charge in [-0.3, -0.25) is 9.71 Å². The van der Waals surface area contributed by atoms with Crippen LogP contribution in [0.25, 0.3) is 11.3 Å². The molecule has 218 valence electrons. The second-order valence-corrected chi connectivity index (χ2v) is 12.9. The van der Waals surface area contributed by atoms with Gasteiger partial charge in [-0.2, -0.15) is 0 Å². The molecule has 2 heterocycles. The van der Waals surface area contributed by atoms with Crippen molar-refractivity contribution in [2.75, 3.05) is 10.0 Å². The predicted octanol–water partition coefficient (Wildman–Crippen LogP) is 5.45. The highest BCUT2D eigenvalue weighted by molar-refractivity contribution is 7.93. The number of ether oxygens (including phenoxy) is 1. The van der Waals surface area contributed by atoms with E-state index in [9.17, 15) is 8.42 Å². The molecule has 0 radical (unpaired) electrons. The van der Waals surface area contributed by atoms with E-state index in [-0.39, 0.29) is 23.5 Å². The molecule has 0 saturated heterocycles. The molecule has 0 spiro atoms. The molecule has 2 aromatic heterocycles. The lowest BCUT2D eigenvalue weighted by molar-refractivity contribution is 0.410. The van der Waals surface area contributed by atoms with E-state index in [4.69, 9.17) is 10.5 Å². The molecule has 2 aromatic carbocycles. The summed E-state index contributed by atoms with van der Waals surface area (Å²) in [5.74, 6) is 0.0916. The Hall–Kier alpha value is -4.09. The van der Waals surface area contributed by atoms with Crippen molar-refractivity contribution in [1.29, 1.82) is 0 Å². The van der Waals surface area contributed by atoms with Crippen LogP contribution >= 0.6 is 0 Å². The van der Waals surface area contributed by atoms with E-state index < -0.39 is 21.1 Å². The summed E-state index contributed by atoms with van der Waals surface area (Å²) in [6.45, 7) is 0. The number of pyridine rings is 1. The Morgan fingerprint density at radius 3 is 2.55 bits per heavy atom. The number of benzene rings is 2. The fourth-order valence-electron chi connectivity index (χ4n) is 5.63. The third-order valence-corrected chi connectivity index (χ3v) is 9.77. The molecule has 2 aliphatic carbocycles. The van der Waals surface area contributed by atoms with Crippen molar-refractivity contribution < 1.29 is 17.5 Å². The molecule has 9 nitrogen and oxygen atoms in total. The number of anilines is 2. The number of sulfonamides is 1. The summed E-state index contributed by atoms with van der Waals surface area (Å²) in [5.41, 5.74) is 9.51. The van der Waals surface area contributed by atoms with E-state index in [0.29, 0.717) is 42.2 Å². The van der Waals surface area contributed by atoms with Crippen LogP contribution < -0.4 is 20.5 Å². The molecule has 1 atom stereocenters. The summed E-state index contributed by atoms with van der Waals surface area (Å²) in [5, 5.41) is 2.80. The Morgan fingerprint density at radius 1 is 0.929 bits per heavy atom. The average Bonchev–Trinajstić information content (AvgIpc) is 3.00. The molecule has 11 heteroatoms. The largest absolute Gasteiger partial charge is 0.453 e. The number of aromatic nitrogens is 3. The number of nitrogens with one attached hydrogen (secondary N) is 2. The van der Waals surface area contributed by atoms with Crippen LogP contribution in [0, 0.1) is 5.82 Å². The lowest BCUT2D eigenvalue weighted by atomic mass is 9.92. The summed E-state index contributed by atoms with van der Waals surface area (Å²) < 4.78 is 50.0. The monoisotopic (exact) mass is 588 g/mol. The van der Waals surface area contributed by atoms with Gasteiger partial charge in [-0.15, -0.1) is 0 Å². The number of nitrogens with two attached hydrogens (primary N) is 1. The average molecular weight is 589 g/mol. The second-order valence-electron chi connectivity index (χ2n) is 10.9. The fraction of sp³-hybridized carbons (Fsp3) is 0.323. The van der Waals surface area contributed by atoms with E-state index in [0.717, 1.165) is 37.3 Å². The number of fused-ring (bicyclic) bond motifs is 1. The minimum atomic E-state index is -3.72. The summed E-state index contributed by atoms with van der Waals surface area (Å²) in [7, 11) is -3.72. The number of aryl methyl sites for hydroxylation is 1. The van der Waals surface area contributed by atoms with Gasteiger partial charge in [0.25, 0.3) is 0 Å². The van der Waals surface area contributed by atoms with E-state index in [1.165, 1.54) is 17.7 Å². The van der Waals surface area contributed by atoms with Crippen molar-refractivity contribution in [3.05, 3.63) is 90.1 Å². The van der Waals surface area contributed by atoms with Crippen LogP contribution in [0.5, 0.6) is 11.5 Å². The Morgan fingerprint density at radius 2 is 1.74 bits per heavy atom. The summed E-state index contributed by atoms with van der Waals surface area (Å²) >= 11 is 0. The number of hydrogen-bond acceptors (Lipinski definition) is 8. The molecule has 0 amide bonds. The first kappa shape index (κ1) is 28.0. The van der Waals surface area contributed by atoms with Crippen LogP contribution in [0.15, 0.2) is 73.2 Å². The van der Waals surface area contributed by atoms with E-state index in [1.807, 2.05) is 24.3 Å². The maximum atomic E-state index is 15.2. The van der Waals surface area contributed by atoms with Gasteiger partial charge in [-0.1, -0.05) is 24.3 Å². The topological polar surface area (TPSA) is 132 Å². The molecule has 1 fully saturated rings. The lowest BCUT2D eigenvalue weighted by Gasteiger charge is -2.26. The summed E-state index contributed by atoms with van der Waals surface area (Å²) in [6, 6.07) is 15.8. The van der Waals surface area contributed by atoms with Gasteiger partial charge in [-0.05, 0) is 80.3 Å². The van der Waals surface area contributed by atoms with Crippen LogP contribution in [0.2, 0.25) is 0 Å². The Bertz CT molecular complexity index is 1680. The van der Waals surface area contributed by atoms with Gasteiger partial charge in [0, 0.05) is 36.7 Å². The van der Waals surface area contributed by atoms with Gasteiger partial charge in [0.1, 0.15) is 5.75 Å². The Kier molecular flexibility index (Phi) is 8.03. The number of halogens is 1. The number of hydrogen-bond donors (Lipinski definition) is 3. The molecular weight excluding hydrogens is 555 g/mol. The zero-order valence-corrected chi connectivity index (χ0v) is 23.9. The highest BCUT2D eigenvalue weighted by Crippen LogP contribution is 2.34. The molecule has 4 N–H and O–H groups in total. The van der Waals surface area contributed by atoms with Gasteiger partial charge < -0.3 is 15.8 Å². The molecule has 1 saturated carbocycles. The molecular formula is C31H33FN6O3S. The SMILES string of the molecule is NC1CCC(Nc2nccc(-c3cnccc3Oc3ccc(NS(=O)(=O)C4CCc5ccccc5C4)cc3F)n2)CC1. The van der Waals surface area contributed by atoms with Crippen LogP contribution in [0.3, 0.4) is 0 Å². The molecule has 1 unspecified atom stereocenters. The minimum absolute atomic E-state index is 0.0528. The van der Waals surface area contributed by atoms with E-state index in [1.54, 1.807) is 30.7 Å². The van der Waals surface area contributed by atoms with E-state index in [2.05, 4.69) is 25.0 Å². The van der Waals surface area contributed by atoms with Crippen molar-refractivity contribution in [1.82, 2.24) is 15.0 Å². The van der Waals surface area contributed by atoms with Crippen molar-refractivity contribution in [3.8, 4) is 22.8 Å². The van der Waals surface area contributed by atoms with Gasteiger partial charge in [0.15, 0.2) is 11.6 Å². The summed E-state index contributed by atoms with van der Waals surface area (Å²) in [6.07, 6.45) is 10.3. The molecule has 0 aliphatic heterocycles. The fourth-order valence-corrected chi connectivity index (χ4v) is 7.08. The first-order valence-corrected chi connectivity index (χ1v) is 15.7. The van der Waals surface area contributed by atoms with Crippen molar-refractivity contribution in [2.45, 2.75) is 62.3 Å². The summed E-state index contributed by atoms with van der Waals surface area (Å²) in [4.78, 5) is 13.2. The third kappa shape index (κ3) is 6.37. The predicted molar refractivity (Wildman–Crippen MR) is 160 cm³/mol. The standard InChI is InChI=1S/C31H33FN6O3S/c32-27-18-24(38-42(39,40)25-11-5-20-3-1-2-4-21(20)17-25)10-12-30(27)41-29-14-15-34-19-26(29)28-13-16-35-31(37-28)36-23-8-6-22(33)7-9-23/h1-4,10,12-16,18-19,22-23,25,38H,5-9,11,17,33H2,(H,35,36,37). The lowest BCUT2D eigenvalue weighted by Crippen LogP contribution is -2.33. The first-order valence-electron chi connectivity index (χ1n) is 14.2. The number of rotatable bonds is 8. The van der Waals surface area contributed by atoms with Gasteiger partial charge in [-0.25, -0.2) is 22.8 Å². The highest BCUT2D eigenvalue weighted by atomic mass is 32.2. The Balaban J connectivity index is 1.16.